The van der Waals surface area contributed by atoms with Crippen LogP contribution in [0, 0.1) is 0 Å². The Bertz CT molecular complexity index is 1780. The second-order valence-electron chi connectivity index (χ2n) is 9.97. The molecule has 4 aromatic rings. The molecule has 3 heterocycles. The van der Waals surface area contributed by atoms with E-state index in [1.54, 1.807) is 60.7 Å². The number of aromatic nitrogens is 1. The predicted molar refractivity (Wildman–Crippen MR) is 163 cm³/mol. The van der Waals surface area contributed by atoms with Gasteiger partial charge >= 0.3 is 5.91 Å². The lowest BCUT2D eigenvalue weighted by molar-refractivity contribution is -0.132. The van der Waals surface area contributed by atoms with Crippen LogP contribution in [0.4, 0.5) is 5.13 Å². The number of aliphatic hydroxyl groups excluding tert-OH is 1. The first-order valence-electron chi connectivity index (χ1n) is 13.5. The van der Waals surface area contributed by atoms with Crippen LogP contribution < -0.4 is 19.1 Å². The van der Waals surface area contributed by atoms with E-state index >= 15 is 0 Å². The van der Waals surface area contributed by atoms with Crippen molar-refractivity contribution in [3.63, 3.8) is 0 Å². The molecule has 0 bridgehead atoms. The van der Waals surface area contributed by atoms with E-state index in [1.165, 1.54) is 16.2 Å². The molecule has 42 heavy (non-hydrogen) atoms. The zero-order chi connectivity index (χ0) is 29.5. The second-order valence-corrected chi connectivity index (χ2v) is 11.4. The number of hydrogen-bond acceptors (Lipinski definition) is 8. The monoisotopic (exact) mass is 602 g/mol. The van der Waals surface area contributed by atoms with Gasteiger partial charge in [-0.2, -0.15) is 0 Å². The third-order valence-corrected chi connectivity index (χ3v) is 8.35. The van der Waals surface area contributed by atoms with Crippen LogP contribution in [-0.4, -0.2) is 41.1 Å². The largest absolute Gasteiger partial charge is 0.507 e. The normalized spacial score (nSPS) is 19.2. The van der Waals surface area contributed by atoms with E-state index in [0.717, 1.165) is 16.0 Å². The molecule has 2 aliphatic heterocycles. The molecule has 3 aromatic carbocycles. The van der Waals surface area contributed by atoms with Crippen LogP contribution in [0.1, 0.15) is 36.6 Å². The Hall–Kier alpha value is -4.34. The number of nitrogens with zero attached hydrogens (tertiary/aromatic N) is 2. The number of hydrogen-bond donors (Lipinski definition) is 1. The van der Waals surface area contributed by atoms with Crippen LogP contribution in [-0.2, 0) is 16.0 Å². The quantitative estimate of drug-likeness (QED) is 0.102. The maximum Gasteiger partial charge on any atom is 0.301 e. The lowest BCUT2D eigenvalue weighted by atomic mass is 9.94. The zero-order valence-corrected chi connectivity index (χ0v) is 24.5. The molecule has 2 aliphatic rings. The van der Waals surface area contributed by atoms with E-state index in [-0.39, 0.29) is 24.0 Å². The number of halogens is 1. The third kappa shape index (κ3) is 4.88. The maximum atomic E-state index is 13.7. The number of thiazole rings is 1. The van der Waals surface area contributed by atoms with Crippen LogP contribution in [0.5, 0.6) is 17.2 Å². The number of benzene rings is 3. The summed E-state index contributed by atoms with van der Waals surface area (Å²) in [7, 11) is 0. The lowest BCUT2D eigenvalue weighted by Gasteiger charge is -2.24. The highest BCUT2D eigenvalue weighted by Gasteiger charge is 2.48. The van der Waals surface area contributed by atoms with Gasteiger partial charge in [-0.1, -0.05) is 41.7 Å². The first-order valence-corrected chi connectivity index (χ1v) is 14.7. The number of rotatable bonds is 8. The summed E-state index contributed by atoms with van der Waals surface area (Å²) in [5.74, 6) is -0.237. The van der Waals surface area contributed by atoms with E-state index in [4.69, 9.17) is 25.8 Å². The number of carbonyl (C=O) groups is 2. The van der Waals surface area contributed by atoms with Crippen molar-refractivity contribution in [3.8, 4) is 17.2 Å². The smallest absolute Gasteiger partial charge is 0.301 e. The van der Waals surface area contributed by atoms with E-state index in [9.17, 15) is 14.7 Å². The maximum absolute atomic E-state index is 13.7. The van der Waals surface area contributed by atoms with Crippen LogP contribution >= 0.6 is 22.9 Å². The molecule has 0 spiro atoms. The summed E-state index contributed by atoms with van der Waals surface area (Å²) < 4.78 is 18.2. The van der Waals surface area contributed by atoms with Crippen LogP contribution in [0.3, 0.4) is 0 Å². The summed E-state index contributed by atoms with van der Waals surface area (Å²) in [6.07, 6.45) is 2.31. The average molecular weight is 603 g/mol. The number of fused-ring (bicyclic) bond motifs is 2. The molecule has 1 fully saturated rings. The van der Waals surface area contributed by atoms with Gasteiger partial charge in [-0.3, -0.25) is 14.5 Å². The Labute approximate surface area is 251 Å². The SMILES string of the molecule is C=CCOc1ccc(C2/C(=C(/O)c3ccc4c(c3)CC(C)O4)C(=O)C(=O)N2c2nc3ccc(Cl)cc3s2)cc1OCC. The van der Waals surface area contributed by atoms with Crippen molar-refractivity contribution in [2.75, 3.05) is 18.1 Å². The molecule has 10 heteroatoms. The molecular weight excluding hydrogens is 576 g/mol. The van der Waals surface area contributed by atoms with Crippen molar-refractivity contribution in [2.24, 2.45) is 0 Å². The minimum absolute atomic E-state index is 0.00863. The van der Waals surface area contributed by atoms with Crippen molar-refractivity contribution in [3.05, 3.63) is 94.5 Å². The number of anilines is 1. The summed E-state index contributed by atoms with van der Waals surface area (Å²) >= 11 is 7.44. The highest BCUT2D eigenvalue weighted by Crippen LogP contribution is 2.46. The number of ketones is 1. The number of carbonyl (C=O) groups excluding carboxylic acids is 2. The number of ether oxygens (including phenoxy) is 3. The average Bonchev–Trinajstić information content (AvgIpc) is 3.63. The number of Topliss-reactive ketones (excluding diaryl/α,β-unsaturated/α-hetero) is 1. The summed E-state index contributed by atoms with van der Waals surface area (Å²) in [6.45, 7) is 8.15. The Morgan fingerprint density at radius 1 is 1.17 bits per heavy atom. The molecule has 8 nitrogen and oxygen atoms in total. The molecule has 1 amide bonds. The van der Waals surface area contributed by atoms with E-state index in [2.05, 4.69) is 11.6 Å². The molecule has 1 N–H and O–H groups in total. The fourth-order valence-corrected chi connectivity index (χ4v) is 6.56. The van der Waals surface area contributed by atoms with E-state index in [1.807, 2.05) is 13.8 Å². The molecule has 1 saturated heterocycles. The Kier molecular flexibility index (Phi) is 7.38. The Morgan fingerprint density at radius 2 is 2.00 bits per heavy atom. The molecular formula is C32H27ClN2O6S. The summed E-state index contributed by atoms with van der Waals surface area (Å²) in [5.41, 5.74) is 2.46. The molecule has 6 rings (SSSR count). The minimum Gasteiger partial charge on any atom is -0.507 e. The number of aliphatic hydroxyl groups is 1. The summed E-state index contributed by atoms with van der Waals surface area (Å²) in [4.78, 5) is 33.4. The van der Waals surface area contributed by atoms with Gasteiger partial charge in [0.1, 0.15) is 24.2 Å². The fourth-order valence-electron chi connectivity index (χ4n) is 5.29. The first kappa shape index (κ1) is 27.8. The molecule has 214 valence electrons. The molecule has 2 unspecified atom stereocenters. The van der Waals surface area contributed by atoms with Crippen LogP contribution in [0.25, 0.3) is 16.0 Å². The standard InChI is InChI=1S/C32H27ClN2O6S/c1-4-12-40-24-11-6-18(15-25(24)39-5-2)28-27(29(36)19-7-10-23-20(14-19)13-17(3)41-23)30(37)31(38)35(28)32-34-22-9-8-21(33)16-26(22)42-32/h4,6-11,14-17,28,36H,1,5,12-13H2,2-3H3/b29-27-. The highest BCUT2D eigenvalue weighted by atomic mass is 35.5. The Balaban J connectivity index is 1.54. The molecule has 0 saturated carbocycles. The van der Waals surface area contributed by atoms with Gasteiger partial charge in [-0.15, -0.1) is 0 Å². The predicted octanol–water partition coefficient (Wildman–Crippen LogP) is 6.86. The van der Waals surface area contributed by atoms with Gasteiger partial charge in [-0.05, 0) is 73.5 Å². The molecule has 1 aromatic heterocycles. The molecule has 2 atom stereocenters. The minimum atomic E-state index is -0.989. The number of amides is 1. The van der Waals surface area contributed by atoms with Gasteiger partial charge < -0.3 is 19.3 Å². The van der Waals surface area contributed by atoms with Gasteiger partial charge in [-0.25, -0.2) is 4.98 Å². The van der Waals surface area contributed by atoms with E-state index in [0.29, 0.717) is 51.3 Å². The zero-order valence-electron chi connectivity index (χ0n) is 22.9. The van der Waals surface area contributed by atoms with Gasteiger partial charge in [0.25, 0.3) is 5.78 Å². The second kappa shape index (κ2) is 11.2. The molecule has 0 radical (unpaired) electrons. The van der Waals surface area contributed by atoms with Crippen molar-refractivity contribution >= 4 is 55.7 Å². The highest BCUT2D eigenvalue weighted by molar-refractivity contribution is 7.22. The van der Waals surface area contributed by atoms with Crippen LogP contribution in [0.2, 0.25) is 5.02 Å². The van der Waals surface area contributed by atoms with Gasteiger partial charge in [0.15, 0.2) is 16.6 Å². The van der Waals surface area contributed by atoms with Crippen molar-refractivity contribution in [1.82, 2.24) is 4.98 Å². The topological polar surface area (TPSA) is 98.2 Å². The van der Waals surface area contributed by atoms with Gasteiger partial charge in [0, 0.05) is 17.0 Å². The lowest BCUT2D eigenvalue weighted by Crippen LogP contribution is -2.29. The Morgan fingerprint density at radius 3 is 2.79 bits per heavy atom. The van der Waals surface area contributed by atoms with Crippen LogP contribution in [0.15, 0.2) is 72.8 Å². The third-order valence-electron chi connectivity index (χ3n) is 7.10. The van der Waals surface area contributed by atoms with Crippen molar-refractivity contribution in [1.29, 1.82) is 0 Å². The summed E-state index contributed by atoms with van der Waals surface area (Å²) in [6, 6.07) is 14.7. The van der Waals surface area contributed by atoms with Gasteiger partial charge in [0.2, 0.25) is 0 Å². The van der Waals surface area contributed by atoms with Gasteiger partial charge in [0.05, 0.1) is 28.4 Å². The first-order chi connectivity index (χ1) is 20.3. The van der Waals surface area contributed by atoms with Crippen molar-refractivity contribution < 1.29 is 28.9 Å². The van der Waals surface area contributed by atoms with E-state index < -0.39 is 17.7 Å². The molecule has 0 aliphatic carbocycles. The summed E-state index contributed by atoms with van der Waals surface area (Å²) in [5, 5.41) is 12.5. The fraction of sp³-hybridized carbons (Fsp3) is 0.219. The van der Waals surface area contributed by atoms with Crippen molar-refractivity contribution in [2.45, 2.75) is 32.4 Å².